The number of hydrogen-bond acceptors (Lipinski definition) is 3. The summed E-state index contributed by atoms with van der Waals surface area (Å²) in [5.74, 6) is 0.116. The molecule has 0 radical (unpaired) electrons. The molecule has 1 N–H and O–H groups in total. The molecule has 2 unspecified atom stereocenters. The van der Waals surface area contributed by atoms with Gasteiger partial charge in [-0.1, -0.05) is 0 Å². The standard InChI is InChI=1S/C14H21N3O2/c1-10-3-4-12-11(2)17(7-6-16(10)12)14(18)13-9-15-5-8-19-13/h3-4,11,13,15H,5-9H2,1-2H3. The lowest BCUT2D eigenvalue weighted by molar-refractivity contribution is -0.148. The number of nitrogens with zero attached hydrogens (tertiary/aromatic N) is 2. The average Bonchev–Trinajstić information content (AvgIpc) is 2.82. The summed E-state index contributed by atoms with van der Waals surface area (Å²) in [4.78, 5) is 14.5. The van der Waals surface area contributed by atoms with Crippen LogP contribution in [0.5, 0.6) is 0 Å². The van der Waals surface area contributed by atoms with E-state index in [1.165, 1.54) is 11.4 Å². The number of ether oxygens (including phenoxy) is 1. The van der Waals surface area contributed by atoms with E-state index in [4.69, 9.17) is 4.74 Å². The quantitative estimate of drug-likeness (QED) is 0.811. The fraction of sp³-hybridized carbons (Fsp3) is 0.643. The molecule has 0 aromatic carbocycles. The van der Waals surface area contributed by atoms with E-state index >= 15 is 0 Å². The van der Waals surface area contributed by atoms with Gasteiger partial charge in [0.1, 0.15) is 6.10 Å². The van der Waals surface area contributed by atoms with E-state index in [-0.39, 0.29) is 18.1 Å². The van der Waals surface area contributed by atoms with Crippen LogP contribution in [0.2, 0.25) is 0 Å². The monoisotopic (exact) mass is 263 g/mol. The van der Waals surface area contributed by atoms with Gasteiger partial charge in [-0.15, -0.1) is 0 Å². The highest BCUT2D eigenvalue weighted by Gasteiger charge is 2.33. The van der Waals surface area contributed by atoms with Crippen molar-refractivity contribution in [3.8, 4) is 0 Å². The van der Waals surface area contributed by atoms with Crippen molar-refractivity contribution in [3.05, 3.63) is 23.5 Å². The van der Waals surface area contributed by atoms with Gasteiger partial charge >= 0.3 is 0 Å². The Hall–Kier alpha value is -1.33. The van der Waals surface area contributed by atoms with E-state index < -0.39 is 0 Å². The fourth-order valence-electron chi connectivity index (χ4n) is 3.03. The number of aromatic nitrogens is 1. The van der Waals surface area contributed by atoms with Crippen LogP contribution in [0.1, 0.15) is 24.4 Å². The van der Waals surface area contributed by atoms with Gasteiger partial charge in [0, 0.05) is 37.6 Å². The Bertz CT molecular complexity index is 477. The second kappa shape index (κ2) is 4.98. The summed E-state index contributed by atoms with van der Waals surface area (Å²) in [6.07, 6.45) is -0.321. The summed E-state index contributed by atoms with van der Waals surface area (Å²) in [5.41, 5.74) is 2.49. The van der Waals surface area contributed by atoms with Gasteiger partial charge < -0.3 is 19.5 Å². The van der Waals surface area contributed by atoms with E-state index in [1.807, 2.05) is 4.90 Å². The molecule has 0 saturated carbocycles. The number of hydrogen-bond donors (Lipinski definition) is 1. The molecule has 3 heterocycles. The van der Waals surface area contributed by atoms with Gasteiger partial charge in [0.2, 0.25) is 0 Å². The molecule has 1 aromatic rings. The van der Waals surface area contributed by atoms with Crippen molar-refractivity contribution in [3.63, 3.8) is 0 Å². The largest absolute Gasteiger partial charge is 0.366 e. The van der Waals surface area contributed by atoms with Crippen molar-refractivity contribution in [2.75, 3.05) is 26.2 Å². The highest BCUT2D eigenvalue weighted by atomic mass is 16.5. The third kappa shape index (κ3) is 2.17. The summed E-state index contributed by atoms with van der Waals surface area (Å²) in [7, 11) is 0. The Balaban J connectivity index is 1.77. The van der Waals surface area contributed by atoms with Crippen molar-refractivity contribution < 1.29 is 9.53 Å². The minimum Gasteiger partial charge on any atom is -0.366 e. The Morgan fingerprint density at radius 2 is 2.26 bits per heavy atom. The number of aryl methyl sites for hydroxylation is 1. The molecule has 19 heavy (non-hydrogen) atoms. The number of fused-ring (bicyclic) bond motifs is 1. The summed E-state index contributed by atoms with van der Waals surface area (Å²) in [6.45, 7) is 7.94. The van der Waals surface area contributed by atoms with Crippen LogP contribution in [0.25, 0.3) is 0 Å². The minimum atomic E-state index is -0.321. The SMILES string of the molecule is Cc1ccc2n1CCN(C(=O)C1CNCCO1)C2C. The highest BCUT2D eigenvalue weighted by Crippen LogP contribution is 2.28. The van der Waals surface area contributed by atoms with Gasteiger partial charge in [-0.2, -0.15) is 0 Å². The highest BCUT2D eigenvalue weighted by molar-refractivity contribution is 5.82. The van der Waals surface area contributed by atoms with Gasteiger partial charge in [-0.05, 0) is 26.0 Å². The van der Waals surface area contributed by atoms with Crippen LogP contribution in [0.4, 0.5) is 0 Å². The van der Waals surface area contributed by atoms with Crippen LogP contribution >= 0.6 is 0 Å². The molecule has 5 nitrogen and oxygen atoms in total. The summed E-state index contributed by atoms with van der Waals surface area (Å²) < 4.78 is 7.87. The maximum absolute atomic E-state index is 12.5. The topological polar surface area (TPSA) is 46.5 Å². The molecule has 5 heteroatoms. The number of carbonyl (C=O) groups excluding carboxylic acids is 1. The predicted octanol–water partition coefficient (Wildman–Crippen LogP) is 0.688. The number of rotatable bonds is 1. The van der Waals surface area contributed by atoms with Gasteiger partial charge in [-0.25, -0.2) is 0 Å². The van der Waals surface area contributed by atoms with Crippen LogP contribution in [0.3, 0.4) is 0 Å². The van der Waals surface area contributed by atoms with Gasteiger partial charge in [0.05, 0.1) is 12.6 Å². The number of carbonyl (C=O) groups is 1. The molecular weight excluding hydrogens is 242 g/mol. The lowest BCUT2D eigenvalue weighted by atomic mass is 10.1. The molecule has 2 aliphatic heterocycles. The van der Waals surface area contributed by atoms with Gasteiger partial charge in [-0.3, -0.25) is 4.79 Å². The number of amides is 1. The van der Waals surface area contributed by atoms with Crippen LogP contribution in [0, 0.1) is 6.92 Å². The molecular formula is C14H21N3O2. The first-order valence-electron chi connectivity index (χ1n) is 6.97. The Labute approximate surface area is 113 Å². The van der Waals surface area contributed by atoms with Crippen molar-refractivity contribution in [1.29, 1.82) is 0 Å². The molecule has 0 bridgehead atoms. The van der Waals surface area contributed by atoms with E-state index in [2.05, 4.69) is 35.9 Å². The molecule has 104 valence electrons. The molecule has 0 spiro atoms. The first kappa shape index (κ1) is 12.7. The van der Waals surface area contributed by atoms with Crippen LogP contribution < -0.4 is 5.32 Å². The molecule has 1 amide bonds. The zero-order valence-corrected chi connectivity index (χ0v) is 11.6. The van der Waals surface area contributed by atoms with Crippen molar-refractivity contribution in [2.45, 2.75) is 32.5 Å². The van der Waals surface area contributed by atoms with E-state index in [0.29, 0.717) is 13.2 Å². The number of morpholine rings is 1. The molecule has 2 aliphatic rings. The predicted molar refractivity (Wildman–Crippen MR) is 71.9 cm³/mol. The molecule has 1 aromatic heterocycles. The van der Waals surface area contributed by atoms with Crippen molar-refractivity contribution >= 4 is 5.91 Å². The first-order valence-corrected chi connectivity index (χ1v) is 6.97. The summed E-state index contributed by atoms with van der Waals surface area (Å²) in [6, 6.07) is 4.37. The zero-order valence-electron chi connectivity index (χ0n) is 11.6. The van der Waals surface area contributed by atoms with Crippen molar-refractivity contribution in [1.82, 2.24) is 14.8 Å². The Kier molecular flexibility index (Phi) is 3.33. The number of nitrogens with one attached hydrogen (secondary N) is 1. The fourth-order valence-corrected chi connectivity index (χ4v) is 3.03. The lowest BCUT2D eigenvalue weighted by Gasteiger charge is -2.38. The maximum atomic E-state index is 12.5. The zero-order chi connectivity index (χ0) is 13.4. The molecule has 2 atom stereocenters. The minimum absolute atomic E-state index is 0.116. The molecule has 0 aliphatic carbocycles. The summed E-state index contributed by atoms with van der Waals surface area (Å²) in [5, 5.41) is 3.22. The second-order valence-corrected chi connectivity index (χ2v) is 5.32. The third-order valence-electron chi connectivity index (χ3n) is 4.18. The summed E-state index contributed by atoms with van der Waals surface area (Å²) >= 11 is 0. The smallest absolute Gasteiger partial charge is 0.253 e. The van der Waals surface area contributed by atoms with Crippen LogP contribution in [0.15, 0.2) is 12.1 Å². The Morgan fingerprint density at radius 1 is 1.42 bits per heavy atom. The maximum Gasteiger partial charge on any atom is 0.253 e. The van der Waals surface area contributed by atoms with Crippen molar-refractivity contribution in [2.24, 2.45) is 0 Å². The molecule has 3 rings (SSSR count). The molecule has 1 fully saturated rings. The van der Waals surface area contributed by atoms with E-state index in [9.17, 15) is 4.79 Å². The Morgan fingerprint density at radius 3 is 3.00 bits per heavy atom. The van der Waals surface area contributed by atoms with Crippen LogP contribution in [-0.2, 0) is 16.1 Å². The van der Waals surface area contributed by atoms with Gasteiger partial charge in [0.15, 0.2) is 0 Å². The average molecular weight is 263 g/mol. The van der Waals surface area contributed by atoms with Gasteiger partial charge in [0.25, 0.3) is 5.91 Å². The third-order valence-corrected chi connectivity index (χ3v) is 4.18. The first-order chi connectivity index (χ1) is 9.18. The lowest BCUT2D eigenvalue weighted by Crippen LogP contribution is -2.52. The second-order valence-electron chi connectivity index (χ2n) is 5.32. The van der Waals surface area contributed by atoms with E-state index in [0.717, 1.165) is 19.6 Å². The van der Waals surface area contributed by atoms with E-state index in [1.54, 1.807) is 0 Å². The molecule has 1 saturated heterocycles. The normalized spacial score (nSPS) is 27.2. The van der Waals surface area contributed by atoms with Crippen LogP contribution in [-0.4, -0.2) is 47.7 Å².